The molecular weight excluding hydrogens is 254 g/mol. The SMILES string of the molecule is Cc1ccc(C)c(OCCNC(=O)N2CCC(N)C2)c1. The predicted octanol–water partition coefficient (Wildman–Crippen LogP) is 1.42. The first-order valence-corrected chi connectivity index (χ1v) is 7.04. The van der Waals surface area contributed by atoms with Gasteiger partial charge in [0.15, 0.2) is 0 Å². The van der Waals surface area contributed by atoms with Crippen LogP contribution in [0.25, 0.3) is 0 Å². The molecule has 1 aliphatic heterocycles. The number of carbonyl (C=O) groups is 1. The van der Waals surface area contributed by atoms with E-state index in [1.54, 1.807) is 4.90 Å². The minimum absolute atomic E-state index is 0.0532. The average molecular weight is 277 g/mol. The maximum absolute atomic E-state index is 11.8. The minimum atomic E-state index is -0.0532. The number of amides is 2. The molecule has 1 aliphatic rings. The molecule has 0 radical (unpaired) electrons. The van der Waals surface area contributed by atoms with Gasteiger partial charge in [0.05, 0.1) is 6.54 Å². The van der Waals surface area contributed by atoms with Gasteiger partial charge in [-0.25, -0.2) is 4.79 Å². The van der Waals surface area contributed by atoms with Gasteiger partial charge in [-0.1, -0.05) is 12.1 Å². The number of likely N-dealkylation sites (tertiary alicyclic amines) is 1. The summed E-state index contributed by atoms with van der Waals surface area (Å²) < 4.78 is 5.69. The summed E-state index contributed by atoms with van der Waals surface area (Å²) in [5.74, 6) is 0.877. The van der Waals surface area contributed by atoms with E-state index < -0.39 is 0 Å². The molecule has 5 heteroatoms. The summed E-state index contributed by atoms with van der Waals surface area (Å²) in [6.07, 6.45) is 0.881. The number of ether oxygens (including phenoxy) is 1. The van der Waals surface area contributed by atoms with E-state index in [0.717, 1.165) is 24.3 Å². The van der Waals surface area contributed by atoms with E-state index in [2.05, 4.69) is 11.4 Å². The first-order valence-electron chi connectivity index (χ1n) is 7.04. The van der Waals surface area contributed by atoms with Gasteiger partial charge in [0, 0.05) is 19.1 Å². The van der Waals surface area contributed by atoms with Crippen molar-refractivity contribution in [3.05, 3.63) is 29.3 Å². The Morgan fingerprint density at radius 2 is 2.30 bits per heavy atom. The number of hydrogen-bond acceptors (Lipinski definition) is 3. The van der Waals surface area contributed by atoms with E-state index in [-0.39, 0.29) is 12.1 Å². The normalized spacial score (nSPS) is 18.1. The molecule has 2 amide bonds. The molecule has 1 aromatic carbocycles. The maximum Gasteiger partial charge on any atom is 0.317 e. The van der Waals surface area contributed by atoms with Gasteiger partial charge in [0.2, 0.25) is 0 Å². The van der Waals surface area contributed by atoms with Crippen LogP contribution in [-0.2, 0) is 0 Å². The van der Waals surface area contributed by atoms with E-state index in [9.17, 15) is 4.79 Å². The molecule has 1 unspecified atom stereocenters. The lowest BCUT2D eigenvalue weighted by Crippen LogP contribution is -2.41. The molecule has 2 rings (SSSR count). The number of carbonyl (C=O) groups excluding carboxylic acids is 1. The lowest BCUT2D eigenvalue weighted by Gasteiger charge is -2.17. The van der Waals surface area contributed by atoms with Gasteiger partial charge in [0.25, 0.3) is 0 Å². The fourth-order valence-corrected chi connectivity index (χ4v) is 2.27. The van der Waals surface area contributed by atoms with Crippen LogP contribution in [0.15, 0.2) is 18.2 Å². The van der Waals surface area contributed by atoms with E-state index in [4.69, 9.17) is 10.5 Å². The van der Waals surface area contributed by atoms with Crippen molar-refractivity contribution in [1.82, 2.24) is 10.2 Å². The van der Waals surface area contributed by atoms with Crippen molar-refractivity contribution in [2.24, 2.45) is 5.73 Å². The second-order valence-electron chi connectivity index (χ2n) is 5.34. The zero-order chi connectivity index (χ0) is 14.5. The number of benzene rings is 1. The van der Waals surface area contributed by atoms with Gasteiger partial charge in [-0.05, 0) is 37.5 Å². The Morgan fingerprint density at radius 1 is 1.50 bits per heavy atom. The van der Waals surface area contributed by atoms with Crippen LogP contribution >= 0.6 is 0 Å². The van der Waals surface area contributed by atoms with Crippen molar-refractivity contribution in [3.8, 4) is 5.75 Å². The number of hydrogen-bond donors (Lipinski definition) is 2. The summed E-state index contributed by atoms with van der Waals surface area (Å²) in [6, 6.07) is 6.17. The molecule has 1 atom stereocenters. The molecule has 1 saturated heterocycles. The van der Waals surface area contributed by atoms with Gasteiger partial charge in [-0.15, -0.1) is 0 Å². The zero-order valence-corrected chi connectivity index (χ0v) is 12.2. The van der Waals surface area contributed by atoms with Gasteiger partial charge < -0.3 is 20.7 Å². The highest BCUT2D eigenvalue weighted by atomic mass is 16.5. The lowest BCUT2D eigenvalue weighted by atomic mass is 10.1. The minimum Gasteiger partial charge on any atom is -0.491 e. The molecule has 3 N–H and O–H groups in total. The number of nitrogens with two attached hydrogens (primary N) is 1. The van der Waals surface area contributed by atoms with Crippen LogP contribution in [0.5, 0.6) is 5.75 Å². The van der Waals surface area contributed by atoms with E-state index >= 15 is 0 Å². The van der Waals surface area contributed by atoms with E-state index in [1.165, 1.54) is 5.56 Å². The van der Waals surface area contributed by atoms with Crippen molar-refractivity contribution in [1.29, 1.82) is 0 Å². The van der Waals surface area contributed by atoms with Gasteiger partial charge in [-0.3, -0.25) is 0 Å². The Morgan fingerprint density at radius 3 is 3.00 bits per heavy atom. The monoisotopic (exact) mass is 277 g/mol. The van der Waals surface area contributed by atoms with Gasteiger partial charge in [-0.2, -0.15) is 0 Å². The maximum atomic E-state index is 11.8. The van der Waals surface area contributed by atoms with Crippen LogP contribution in [0.4, 0.5) is 4.79 Å². The van der Waals surface area contributed by atoms with Crippen molar-refractivity contribution in [3.63, 3.8) is 0 Å². The standard InChI is InChI=1S/C15H23N3O2/c1-11-3-4-12(2)14(9-11)20-8-6-17-15(19)18-7-5-13(16)10-18/h3-4,9,13H,5-8,10,16H2,1-2H3,(H,17,19). The molecule has 0 bridgehead atoms. The third kappa shape index (κ3) is 3.87. The topological polar surface area (TPSA) is 67.6 Å². The predicted molar refractivity (Wildman–Crippen MR) is 79.0 cm³/mol. The molecule has 5 nitrogen and oxygen atoms in total. The highest BCUT2D eigenvalue weighted by molar-refractivity contribution is 5.74. The van der Waals surface area contributed by atoms with Crippen molar-refractivity contribution in [2.45, 2.75) is 26.3 Å². The second kappa shape index (κ2) is 6.61. The zero-order valence-electron chi connectivity index (χ0n) is 12.2. The number of nitrogens with one attached hydrogen (secondary N) is 1. The van der Waals surface area contributed by atoms with Crippen molar-refractivity contribution < 1.29 is 9.53 Å². The van der Waals surface area contributed by atoms with Crippen LogP contribution < -0.4 is 15.8 Å². The average Bonchev–Trinajstić information content (AvgIpc) is 2.85. The Labute approximate surface area is 120 Å². The van der Waals surface area contributed by atoms with Crippen LogP contribution in [0, 0.1) is 13.8 Å². The molecule has 20 heavy (non-hydrogen) atoms. The quantitative estimate of drug-likeness (QED) is 0.818. The fourth-order valence-electron chi connectivity index (χ4n) is 2.27. The van der Waals surface area contributed by atoms with E-state index in [0.29, 0.717) is 19.7 Å². The molecular formula is C15H23N3O2. The van der Waals surface area contributed by atoms with Crippen LogP contribution in [0.1, 0.15) is 17.5 Å². The Bertz CT molecular complexity index is 476. The highest BCUT2D eigenvalue weighted by Crippen LogP contribution is 2.18. The largest absolute Gasteiger partial charge is 0.491 e. The Hall–Kier alpha value is -1.75. The molecule has 0 spiro atoms. The Kier molecular flexibility index (Phi) is 4.84. The smallest absolute Gasteiger partial charge is 0.317 e. The fraction of sp³-hybridized carbons (Fsp3) is 0.533. The van der Waals surface area contributed by atoms with E-state index in [1.807, 2.05) is 26.0 Å². The molecule has 1 heterocycles. The van der Waals surface area contributed by atoms with Crippen molar-refractivity contribution in [2.75, 3.05) is 26.2 Å². The summed E-state index contributed by atoms with van der Waals surface area (Å²) in [5, 5.41) is 2.86. The summed E-state index contributed by atoms with van der Waals surface area (Å²) in [5.41, 5.74) is 8.05. The number of nitrogens with zero attached hydrogens (tertiary/aromatic N) is 1. The van der Waals surface area contributed by atoms with Crippen LogP contribution in [-0.4, -0.2) is 43.2 Å². The lowest BCUT2D eigenvalue weighted by molar-refractivity contribution is 0.204. The molecule has 0 aromatic heterocycles. The van der Waals surface area contributed by atoms with Crippen LogP contribution in [0.2, 0.25) is 0 Å². The second-order valence-corrected chi connectivity index (χ2v) is 5.34. The summed E-state index contributed by atoms with van der Waals surface area (Å²) in [6.45, 7) is 6.39. The summed E-state index contributed by atoms with van der Waals surface area (Å²) in [7, 11) is 0. The number of urea groups is 1. The molecule has 1 fully saturated rings. The Balaban J connectivity index is 1.71. The third-order valence-corrected chi connectivity index (χ3v) is 3.49. The molecule has 110 valence electrons. The summed E-state index contributed by atoms with van der Waals surface area (Å²) in [4.78, 5) is 13.6. The van der Waals surface area contributed by atoms with Gasteiger partial charge >= 0.3 is 6.03 Å². The summed E-state index contributed by atoms with van der Waals surface area (Å²) >= 11 is 0. The molecule has 0 aliphatic carbocycles. The van der Waals surface area contributed by atoms with Crippen LogP contribution in [0.3, 0.4) is 0 Å². The van der Waals surface area contributed by atoms with Crippen molar-refractivity contribution >= 4 is 6.03 Å². The highest BCUT2D eigenvalue weighted by Gasteiger charge is 2.22. The third-order valence-electron chi connectivity index (χ3n) is 3.49. The first kappa shape index (κ1) is 14.7. The molecule has 1 aromatic rings. The van der Waals surface area contributed by atoms with Gasteiger partial charge in [0.1, 0.15) is 12.4 Å². The number of rotatable bonds is 4. The molecule has 0 saturated carbocycles. The number of aryl methyl sites for hydroxylation is 2. The first-order chi connectivity index (χ1) is 9.56.